The molecule has 9 heteroatoms. The van der Waals surface area contributed by atoms with Crippen LogP contribution in [0.3, 0.4) is 0 Å². The second-order valence-electron chi connectivity index (χ2n) is 9.90. The number of nitrogens with one attached hydrogen (secondary N) is 1. The molecule has 200 valence electrons. The van der Waals surface area contributed by atoms with E-state index in [9.17, 15) is 19.5 Å². The molecule has 0 bridgehead atoms. The van der Waals surface area contributed by atoms with Crippen LogP contribution >= 0.6 is 11.6 Å². The molecule has 2 N–H and O–H groups in total. The van der Waals surface area contributed by atoms with E-state index in [4.69, 9.17) is 11.6 Å². The van der Waals surface area contributed by atoms with Crippen molar-refractivity contribution >= 4 is 40.0 Å². The van der Waals surface area contributed by atoms with Crippen molar-refractivity contribution in [3.63, 3.8) is 0 Å². The first-order valence-electron chi connectivity index (χ1n) is 12.6. The normalized spacial score (nSPS) is 13.7. The molecule has 1 aliphatic heterocycles. The van der Waals surface area contributed by atoms with E-state index in [0.29, 0.717) is 34.7 Å². The van der Waals surface area contributed by atoms with Crippen molar-refractivity contribution < 1.29 is 14.7 Å². The van der Waals surface area contributed by atoms with Crippen molar-refractivity contribution in [1.82, 2.24) is 14.8 Å². The Morgan fingerprint density at radius 3 is 2.51 bits per heavy atom. The van der Waals surface area contributed by atoms with E-state index in [1.807, 2.05) is 48.3 Å². The van der Waals surface area contributed by atoms with E-state index in [1.54, 1.807) is 46.8 Å². The number of carbonyl (C=O) groups excluding carboxylic acids is 2. The lowest BCUT2D eigenvalue weighted by atomic mass is 10.0. The molecule has 2 heterocycles. The molecule has 0 spiro atoms. The smallest absolute Gasteiger partial charge is 0.257 e. The highest BCUT2D eigenvalue weighted by molar-refractivity contribution is 6.30. The van der Waals surface area contributed by atoms with E-state index >= 15 is 0 Å². The first kappa shape index (κ1) is 26.6. The molecule has 8 nitrogen and oxygen atoms in total. The lowest BCUT2D eigenvalue weighted by molar-refractivity contribution is -0.119. The molecule has 3 aromatic carbocycles. The van der Waals surface area contributed by atoms with Crippen molar-refractivity contribution in [1.29, 1.82) is 0 Å². The quantitative estimate of drug-likeness (QED) is 0.352. The number of likely N-dealkylation sites (N-methyl/N-ethyl adjacent to an activating group) is 2. The van der Waals surface area contributed by atoms with E-state index in [2.05, 4.69) is 5.32 Å². The molecule has 0 aliphatic carbocycles. The maximum atomic E-state index is 13.6. The van der Waals surface area contributed by atoms with Gasteiger partial charge in [0.1, 0.15) is 12.1 Å². The van der Waals surface area contributed by atoms with Gasteiger partial charge in [0.05, 0.1) is 17.3 Å². The third-order valence-electron chi connectivity index (χ3n) is 6.98. The highest BCUT2D eigenvalue weighted by Gasteiger charge is 2.27. The van der Waals surface area contributed by atoms with Gasteiger partial charge in [-0.3, -0.25) is 19.3 Å². The summed E-state index contributed by atoms with van der Waals surface area (Å²) in [5.74, 6) is -0.660. The van der Waals surface area contributed by atoms with Gasteiger partial charge in [-0.15, -0.1) is 0 Å². The number of carbonyl (C=O) groups is 2. The summed E-state index contributed by atoms with van der Waals surface area (Å²) >= 11 is 5.94. The third kappa shape index (κ3) is 5.59. The summed E-state index contributed by atoms with van der Waals surface area (Å²) in [6.07, 6.45) is 0.797. The van der Waals surface area contributed by atoms with Crippen LogP contribution in [0.5, 0.6) is 0 Å². The zero-order valence-corrected chi connectivity index (χ0v) is 22.5. The fourth-order valence-corrected chi connectivity index (χ4v) is 5.05. The van der Waals surface area contributed by atoms with Crippen molar-refractivity contribution in [3.8, 4) is 0 Å². The van der Waals surface area contributed by atoms with Crippen LogP contribution in [0.2, 0.25) is 5.02 Å². The average Bonchev–Trinajstić information content (AvgIpc) is 2.93. The first-order valence-corrected chi connectivity index (χ1v) is 13.0. The standard InChI is InChI=1S/C30H29ClN4O4/c1-33(17-26(36)21-6-4-3-5-7-21)15-20-12-23-28-25(13-20)34(2)27(37)18-35(28)16-24(29(23)38)30(39)32-14-19-8-10-22(31)11-9-19/h3-13,16,26,36H,14-15,17-18H2,1-2H3,(H,32,39)/t26-/m1/s1. The molecule has 1 aliphatic rings. The number of hydrogen-bond acceptors (Lipinski definition) is 5. The van der Waals surface area contributed by atoms with Gasteiger partial charge in [-0.2, -0.15) is 0 Å². The summed E-state index contributed by atoms with van der Waals surface area (Å²) in [6.45, 7) is 1.07. The zero-order valence-electron chi connectivity index (χ0n) is 21.7. The Hall–Kier alpha value is -3.98. The fourth-order valence-electron chi connectivity index (χ4n) is 4.93. The number of aromatic nitrogens is 1. The molecule has 0 unspecified atom stereocenters. The maximum Gasteiger partial charge on any atom is 0.257 e. The number of benzene rings is 3. The number of aliphatic hydroxyl groups is 1. The van der Waals surface area contributed by atoms with Gasteiger partial charge in [-0.25, -0.2) is 0 Å². The van der Waals surface area contributed by atoms with Crippen LogP contribution in [0.1, 0.15) is 33.2 Å². The Morgan fingerprint density at radius 2 is 1.79 bits per heavy atom. The van der Waals surface area contributed by atoms with Crippen LogP contribution in [0.4, 0.5) is 5.69 Å². The van der Waals surface area contributed by atoms with Crippen molar-refractivity contribution in [2.45, 2.75) is 25.7 Å². The number of hydrogen-bond donors (Lipinski definition) is 2. The Labute approximate surface area is 231 Å². The van der Waals surface area contributed by atoms with Crippen molar-refractivity contribution in [3.05, 3.63) is 110 Å². The molecule has 1 aromatic heterocycles. The Balaban J connectivity index is 1.46. The molecular formula is C30H29ClN4O4. The fraction of sp³-hybridized carbons (Fsp3) is 0.233. The number of pyridine rings is 1. The molecule has 1 atom stereocenters. The summed E-state index contributed by atoms with van der Waals surface area (Å²) in [6, 6.07) is 20.2. The van der Waals surface area contributed by atoms with Crippen LogP contribution in [0, 0.1) is 0 Å². The first-order chi connectivity index (χ1) is 18.7. The Kier molecular flexibility index (Phi) is 7.52. The minimum atomic E-state index is -0.674. The van der Waals surface area contributed by atoms with E-state index in [1.165, 1.54) is 6.20 Å². The minimum absolute atomic E-state index is 0.0234. The van der Waals surface area contributed by atoms with Crippen molar-refractivity contribution in [2.75, 3.05) is 25.5 Å². The molecule has 0 saturated carbocycles. The SMILES string of the molecule is CN(Cc1cc2c3c(c1)c(=O)c(C(=O)NCc1ccc(Cl)cc1)cn3CC(=O)N2C)C[C@@H](O)c1ccccc1. The lowest BCUT2D eigenvalue weighted by Gasteiger charge is -2.29. The van der Waals surface area contributed by atoms with Gasteiger partial charge in [-0.05, 0) is 48.0 Å². The molecule has 0 radical (unpaired) electrons. The molecule has 0 fully saturated rings. The van der Waals surface area contributed by atoms with Crippen LogP contribution in [-0.4, -0.2) is 47.0 Å². The summed E-state index contributed by atoms with van der Waals surface area (Å²) in [5.41, 5.74) is 3.27. The lowest BCUT2D eigenvalue weighted by Crippen LogP contribution is -2.37. The average molecular weight is 545 g/mol. The number of aliphatic hydroxyl groups excluding tert-OH is 1. The second-order valence-corrected chi connectivity index (χ2v) is 10.3. The number of rotatable bonds is 8. The molecule has 5 rings (SSSR count). The van der Waals surface area contributed by atoms with Gasteiger partial charge in [0, 0.05) is 43.3 Å². The van der Waals surface area contributed by atoms with E-state index in [0.717, 1.165) is 16.7 Å². The van der Waals surface area contributed by atoms with Crippen LogP contribution in [0.25, 0.3) is 10.9 Å². The molecular weight excluding hydrogens is 516 g/mol. The highest BCUT2D eigenvalue weighted by Crippen LogP contribution is 2.31. The van der Waals surface area contributed by atoms with Gasteiger partial charge in [-0.1, -0.05) is 54.1 Å². The summed E-state index contributed by atoms with van der Waals surface area (Å²) < 4.78 is 1.68. The number of anilines is 1. The van der Waals surface area contributed by atoms with Crippen LogP contribution < -0.4 is 15.6 Å². The third-order valence-corrected chi connectivity index (χ3v) is 7.24. The summed E-state index contributed by atoms with van der Waals surface area (Å²) in [5, 5.41) is 14.4. The van der Waals surface area contributed by atoms with Gasteiger partial charge in [0.25, 0.3) is 5.91 Å². The number of amides is 2. The van der Waals surface area contributed by atoms with Crippen LogP contribution in [-0.2, 0) is 24.4 Å². The summed E-state index contributed by atoms with van der Waals surface area (Å²) in [4.78, 5) is 43.0. The van der Waals surface area contributed by atoms with Gasteiger partial charge >= 0.3 is 0 Å². The maximum absolute atomic E-state index is 13.6. The molecule has 39 heavy (non-hydrogen) atoms. The molecule has 2 amide bonds. The van der Waals surface area contributed by atoms with Gasteiger partial charge in [0.15, 0.2) is 0 Å². The largest absolute Gasteiger partial charge is 0.387 e. The monoisotopic (exact) mass is 544 g/mol. The second kappa shape index (κ2) is 11.0. The minimum Gasteiger partial charge on any atom is -0.387 e. The van der Waals surface area contributed by atoms with Crippen LogP contribution in [0.15, 0.2) is 77.7 Å². The Bertz CT molecular complexity index is 1600. The Morgan fingerprint density at radius 1 is 1.08 bits per heavy atom. The highest BCUT2D eigenvalue weighted by atomic mass is 35.5. The predicted octanol–water partition coefficient (Wildman–Crippen LogP) is 3.73. The molecule has 4 aromatic rings. The molecule has 0 saturated heterocycles. The van der Waals surface area contributed by atoms with Gasteiger partial charge in [0.2, 0.25) is 11.3 Å². The van der Waals surface area contributed by atoms with E-state index < -0.39 is 17.4 Å². The number of halogens is 1. The van der Waals surface area contributed by atoms with E-state index in [-0.39, 0.29) is 24.6 Å². The topological polar surface area (TPSA) is 94.9 Å². The predicted molar refractivity (Wildman–Crippen MR) is 152 cm³/mol. The number of nitrogens with zero attached hydrogens (tertiary/aromatic N) is 3. The van der Waals surface area contributed by atoms with Crippen molar-refractivity contribution in [2.24, 2.45) is 0 Å². The summed E-state index contributed by atoms with van der Waals surface area (Å²) in [7, 11) is 3.57. The van der Waals surface area contributed by atoms with Gasteiger partial charge < -0.3 is 19.9 Å². The zero-order chi connectivity index (χ0) is 27.7.